The Kier molecular flexibility index (Phi) is 4.70. The fourth-order valence-corrected chi connectivity index (χ4v) is 2.86. The number of fused-ring (bicyclic) bond motifs is 1. The van der Waals surface area contributed by atoms with E-state index in [2.05, 4.69) is 10.1 Å². The molecule has 0 radical (unpaired) electrons. The number of nitrogens with zero attached hydrogens (tertiary/aromatic N) is 4. The highest BCUT2D eigenvalue weighted by Crippen LogP contribution is 2.22. The summed E-state index contributed by atoms with van der Waals surface area (Å²) >= 11 is 0. The van der Waals surface area contributed by atoms with Crippen LogP contribution in [-0.2, 0) is 7.05 Å². The van der Waals surface area contributed by atoms with Crippen LogP contribution in [0.15, 0.2) is 36.4 Å². The molecule has 0 atom stereocenters. The molecule has 0 N–H and O–H groups in total. The molecule has 130 valence electrons. The molecule has 1 aromatic carbocycles. The molecule has 0 bridgehead atoms. The molecule has 2 heterocycles. The van der Waals surface area contributed by atoms with Crippen LogP contribution in [0.3, 0.4) is 0 Å². The van der Waals surface area contributed by atoms with Crippen molar-refractivity contribution in [1.82, 2.24) is 19.7 Å². The minimum atomic E-state index is -0.0525. The largest absolute Gasteiger partial charge is 0.492 e. The van der Waals surface area contributed by atoms with Crippen molar-refractivity contribution in [3.8, 4) is 5.75 Å². The van der Waals surface area contributed by atoms with E-state index in [1.165, 1.54) is 0 Å². The van der Waals surface area contributed by atoms with Crippen LogP contribution < -0.4 is 4.74 Å². The lowest BCUT2D eigenvalue weighted by atomic mass is 10.1. The topological polar surface area (TPSA) is 60.3 Å². The van der Waals surface area contributed by atoms with E-state index in [0.717, 1.165) is 28.2 Å². The molecule has 3 rings (SSSR count). The number of rotatable bonds is 5. The highest BCUT2D eigenvalue weighted by Gasteiger charge is 2.20. The second-order valence-corrected chi connectivity index (χ2v) is 6.11. The number of carbonyl (C=O) groups is 1. The Morgan fingerprint density at radius 3 is 2.68 bits per heavy atom. The van der Waals surface area contributed by atoms with Crippen LogP contribution in [0.4, 0.5) is 0 Å². The highest BCUT2D eigenvalue weighted by molar-refractivity contribution is 6.06. The standard InChI is InChI=1S/C19H22N4O2/c1-13-12-16(17-14(2)21-23(4)18(17)20-13)19(24)22(3)10-11-25-15-8-6-5-7-9-15/h5-9,12H,10-11H2,1-4H3. The number of aromatic nitrogens is 3. The first-order valence-corrected chi connectivity index (χ1v) is 8.21. The molecular formula is C19H22N4O2. The van der Waals surface area contributed by atoms with Crippen molar-refractivity contribution in [2.45, 2.75) is 13.8 Å². The third-order valence-electron chi connectivity index (χ3n) is 4.11. The summed E-state index contributed by atoms with van der Waals surface area (Å²) in [5.74, 6) is 0.747. The predicted molar refractivity (Wildman–Crippen MR) is 96.9 cm³/mol. The second-order valence-electron chi connectivity index (χ2n) is 6.11. The van der Waals surface area contributed by atoms with Gasteiger partial charge in [0.15, 0.2) is 5.65 Å². The molecule has 6 heteroatoms. The molecule has 6 nitrogen and oxygen atoms in total. The normalized spacial score (nSPS) is 10.9. The lowest BCUT2D eigenvalue weighted by molar-refractivity contribution is 0.0775. The maximum Gasteiger partial charge on any atom is 0.254 e. The van der Waals surface area contributed by atoms with Crippen molar-refractivity contribution in [2.24, 2.45) is 7.05 Å². The Morgan fingerprint density at radius 2 is 1.96 bits per heavy atom. The van der Waals surface area contributed by atoms with Gasteiger partial charge >= 0.3 is 0 Å². The van der Waals surface area contributed by atoms with Gasteiger partial charge in [0.2, 0.25) is 0 Å². The van der Waals surface area contributed by atoms with E-state index in [1.807, 2.05) is 57.3 Å². The molecule has 0 spiro atoms. The summed E-state index contributed by atoms with van der Waals surface area (Å²) < 4.78 is 7.39. The molecule has 3 aromatic rings. The molecule has 2 aromatic heterocycles. The van der Waals surface area contributed by atoms with Gasteiger partial charge in [-0.15, -0.1) is 0 Å². The first-order chi connectivity index (χ1) is 12.0. The molecule has 0 fully saturated rings. The number of para-hydroxylation sites is 1. The van der Waals surface area contributed by atoms with E-state index < -0.39 is 0 Å². The van der Waals surface area contributed by atoms with Crippen LogP contribution in [0.5, 0.6) is 5.75 Å². The van der Waals surface area contributed by atoms with Crippen LogP contribution in [-0.4, -0.2) is 45.8 Å². The average molecular weight is 338 g/mol. The minimum absolute atomic E-state index is 0.0525. The lowest BCUT2D eigenvalue weighted by Crippen LogP contribution is -2.31. The summed E-state index contributed by atoms with van der Waals surface area (Å²) in [7, 11) is 3.62. The molecule has 0 aliphatic heterocycles. The van der Waals surface area contributed by atoms with Crippen molar-refractivity contribution in [3.05, 3.63) is 53.3 Å². The number of hydrogen-bond acceptors (Lipinski definition) is 4. The Labute approximate surface area is 147 Å². The number of amides is 1. The first-order valence-electron chi connectivity index (χ1n) is 8.21. The van der Waals surface area contributed by atoms with E-state index in [-0.39, 0.29) is 5.91 Å². The highest BCUT2D eigenvalue weighted by atomic mass is 16.5. The SMILES string of the molecule is Cc1cc(C(=O)N(C)CCOc2ccccc2)c2c(C)nn(C)c2n1. The van der Waals surface area contributed by atoms with Crippen molar-refractivity contribution < 1.29 is 9.53 Å². The van der Waals surface area contributed by atoms with Crippen LogP contribution in [0.2, 0.25) is 0 Å². The van der Waals surface area contributed by atoms with Crippen LogP contribution >= 0.6 is 0 Å². The number of likely N-dealkylation sites (N-methyl/N-ethyl adjacent to an activating group) is 1. The van der Waals surface area contributed by atoms with E-state index in [9.17, 15) is 4.79 Å². The van der Waals surface area contributed by atoms with Crippen LogP contribution in [0.25, 0.3) is 11.0 Å². The molecule has 0 unspecified atom stereocenters. The summed E-state index contributed by atoms with van der Waals surface area (Å²) in [6.45, 7) is 4.72. The van der Waals surface area contributed by atoms with Crippen molar-refractivity contribution in [3.63, 3.8) is 0 Å². The zero-order chi connectivity index (χ0) is 18.0. The second kappa shape index (κ2) is 6.93. The summed E-state index contributed by atoms with van der Waals surface area (Å²) in [5.41, 5.74) is 2.97. The summed E-state index contributed by atoms with van der Waals surface area (Å²) in [6, 6.07) is 11.4. The van der Waals surface area contributed by atoms with Gasteiger partial charge < -0.3 is 9.64 Å². The smallest absolute Gasteiger partial charge is 0.254 e. The maximum absolute atomic E-state index is 12.9. The quantitative estimate of drug-likeness (QED) is 0.718. The molecule has 0 saturated heterocycles. The van der Waals surface area contributed by atoms with E-state index in [4.69, 9.17) is 4.74 Å². The van der Waals surface area contributed by atoms with Gasteiger partial charge in [-0.3, -0.25) is 9.48 Å². The van der Waals surface area contributed by atoms with Gasteiger partial charge in [0.1, 0.15) is 12.4 Å². The van der Waals surface area contributed by atoms with Gasteiger partial charge in [-0.1, -0.05) is 18.2 Å². The molecule has 0 saturated carbocycles. The summed E-state index contributed by atoms with van der Waals surface area (Å²) in [6.07, 6.45) is 0. The Balaban J connectivity index is 1.77. The molecular weight excluding hydrogens is 316 g/mol. The maximum atomic E-state index is 12.9. The summed E-state index contributed by atoms with van der Waals surface area (Å²) in [5, 5.41) is 5.21. The number of aryl methyl sites for hydroxylation is 3. The van der Waals surface area contributed by atoms with Gasteiger partial charge in [-0.05, 0) is 32.0 Å². The van der Waals surface area contributed by atoms with Crippen LogP contribution in [0, 0.1) is 13.8 Å². The van der Waals surface area contributed by atoms with Gasteiger partial charge in [0.05, 0.1) is 23.2 Å². The average Bonchev–Trinajstić information content (AvgIpc) is 2.88. The Morgan fingerprint density at radius 1 is 1.24 bits per heavy atom. The zero-order valence-electron chi connectivity index (χ0n) is 15.0. The van der Waals surface area contributed by atoms with Crippen molar-refractivity contribution in [1.29, 1.82) is 0 Å². The number of hydrogen-bond donors (Lipinski definition) is 0. The third-order valence-corrected chi connectivity index (χ3v) is 4.11. The molecule has 1 amide bonds. The van der Waals surface area contributed by atoms with Crippen LogP contribution in [0.1, 0.15) is 21.7 Å². The zero-order valence-corrected chi connectivity index (χ0v) is 15.0. The number of ether oxygens (including phenoxy) is 1. The van der Waals surface area contributed by atoms with E-state index in [0.29, 0.717) is 18.7 Å². The van der Waals surface area contributed by atoms with Crippen molar-refractivity contribution in [2.75, 3.05) is 20.2 Å². The lowest BCUT2D eigenvalue weighted by Gasteiger charge is -2.18. The minimum Gasteiger partial charge on any atom is -0.492 e. The Hall–Kier alpha value is -2.89. The molecule has 0 aliphatic carbocycles. The summed E-state index contributed by atoms with van der Waals surface area (Å²) in [4.78, 5) is 19.1. The van der Waals surface area contributed by atoms with E-state index >= 15 is 0 Å². The van der Waals surface area contributed by atoms with Gasteiger partial charge in [0, 0.05) is 19.8 Å². The number of pyridine rings is 1. The van der Waals surface area contributed by atoms with Gasteiger partial charge in [0.25, 0.3) is 5.91 Å². The number of benzene rings is 1. The van der Waals surface area contributed by atoms with Gasteiger partial charge in [-0.25, -0.2) is 4.98 Å². The fourth-order valence-electron chi connectivity index (χ4n) is 2.86. The first kappa shape index (κ1) is 17.0. The monoisotopic (exact) mass is 338 g/mol. The molecule has 25 heavy (non-hydrogen) atoms. The van der Waals surface area contributed by atoms with Gasteiger partial charge in [-0.2, -0.15) is 5.10 Å². The third kappa shape index (κ3) is 3.47. The predicted octanol–water partition coefficient (Wildman–Crippen LogP) is 2.74. The van der Waals surface area contributed by atoms with E-state index in [1.54, 1.807) is 16.6 Å². The van der Waals surface area contributed by atoms with Crippen molar-refractivity contribution >= 4 is 16.9 Å². The Bertz CT molecular complexity index is 903. The fraction of sp³-hybridized carbons (Fsp3) is 0.316. The number of carbonyl (C=O) groups excluding carboxylic acids is 1. The molecule has 0 aliphatic rings.